The number of benzene rings is 4. The first-order chi connectivity index (χ1) is 24.4. The van der Waals surface area contributed by atoms with Gasteiger partial charge in [0.2, 0.25) is 0 Å². The van der Waals surface area contributed by atoms with Crippen molar-refractivity contribution in [1.82, 2.24) is 9.78 Å². The van der Waals surface area contributed by atoms with Gasteiger partial charge in [0, 0.05) is 29.0 Å². The molecule has 0 spiro atoms. The minimum absolute atomic E-state index is 0.00955. The highest BCUT2D eigenvalue weighted by Gasteiger charge is 2.51. The second-order valence-corrected chi connectivity index (χ2v) is 19.8. The molecule has 4 aromatic carbocycles. The van der Waals surface area contributed by atoms with E-state index in [9.17, 15) is 18.9 Å². The van der Waals surface area contributed by atoms with Crippen LogP contribution in [0, 0.1) is 5.82 Å². The van der Waals surface area contributed by atoms with E-state index in [1.54, 1.807) is 12.1 Å². The van der Waals surface area contributed by atoms with Crippen LogP contribution in [0.5, 0.6) is 0 Å². The fraction of sp³-hybridized carbons (Fsp3) is 0.317. The van der Waals surface area contributed by atoms with Crippen LogP contribution < -0.4 is 10.4 Å². The number of aromatic nitrogens is 2. The minimum Gasteiger partial charge on any atom is -0.481 e. The van der Waals surface area contributed by atoms with Crippen LogP contribution in [0.25, 0.3) is 22.4 Å². The average Bonchev–Trinajstić information content (AvgIpc) is 3.49. The van der Waals surface area contributed by atoms with E-state index in [4.69, 9.17) is 14.0 Å². The lowest BCUT2D eigenvalue weighted by Crippen LogP contribution is -2.68. The van der Waals surface area contributed by atoms with Crippen molar-refractivity contribution in [3.05, 3.63) is 127 Å². The topological polar surface area (TPSA) is 90.7 Å². The molecule has 5 aromatic rings. The molecule has 51 heavy (non-hydrogen) atoms. The number of carbonyl (C=O) groups is 1. The van der Waals surface area contributed by atoms with E-state index >= 15 is 0 Å². The van der Waals surface area contributed by atoms with Crippen LogP contribution in [0.4, 0.5) is 4.39 Å². The Morgan fingerprint density at radius 3 is 1.92 bits per heavy atom. The van der Waals surface area contributed by atoms with Gasteiger partial charge in [-0.1, -0.05) is 124 Å². The van der Waals surface area contributed by atoms with Crippen LogP contribution in [0.1, 0.15) is 59.2 Å². The first-order valence-electron chi connectivity index (χ1n) is 17.5. The molecule has 0 fully saturated rings. The van der Waals surface area contributed by atoms with Crippen molar-refractivity contribution in [1.29, 1.82) is 0 Å². The zero-order chi connectivity index (χ0) is 36.6. The van der Waals surface area contributed by atoms with Gasteiger partial charge in [-0.15, -0.1) is 0 Å². The van der Waals surface area contributed by atoms with Crippen molar-refractivity contribution in [3.8, 4) is 22.4 Å². The molecule has 0 aliphatic heterocycles. The first kappa shape index (κ1) is 38.1. The summed E-state index contributed by atoms with van der Waals surface area (Å²) in [7, 11) is -5.76. The predicted molar refractivity (Wildman–Crippen MR) is 206 cm³/mol. The third kappa shape index (κ3) is 9.03. The second kappa shape index (κ2) is 16.9. The molecule has 0 bridgehead atoms. The Kier molecular flexibility index (Phi) is 12.6. The van der Waals surface area contributed by atoms with Gasteiger partial charge < -0.3 is 14.1 Å². The average molecular weight is 727 g/mol. The van der Waals surface area contributed by atoms with Gasteiger partial charge in [0.25, 0.3) is 8.32 Å². The fourth-order valence-electron chi connectivity index (χ4n) is 6.82. The molecule has 10 heteroatoms. The number of nitrogens with zero attached hydrogens (tertiary/aromatic N) is 2. The van der Waals surface area contributed by atoms with Crippen LogP contribution in [0.3, 0.4) is 0 Å². The van der Waals surface area contributed by atoms with Crippen LogP contribution in [0.2, 0.25) is 5.04 Å². The summed E-state index contributed by atoms with van der Waals surface area (Å²) in [6, 6.07) is 36.5. The predicted octanol–water partition coefficient (Wildman–Crippen LogP) is 8.78. The lowest BCUT2D eigenvalue weighted by molar-refractivity contribution is -0.138. The summed E-state index contributed by atoms with van der Waals surface area (Å²) in [5.41, 5.74) is 4.56. The summed E-state index contributed by atoms with van der Waals surface area (Å²) in [5, 5.41) is 16.6. The highest BCUT2D eigenvalue weighted by molar-refractivity contribution is 7.39. The quantitative estimate of drug-likeness (QED) is 0.0621. The maximum atomic E-state index is 14.0. The van der Waals surface area contributed by atoms with E-state index in [1.165, 1.54) is 12.1 Å². The first-order valence-corrected chi connectivity index (χ1v) is 20.9. The molecule has 0 aliphatic carbocycles. The molecule has 1 aromatic heterocycles. The zero-order valence-electron chi connectivity index (χ0n) is 30.0. The molecule has 268 valence electrons. The lowest BCUT2D eigenvalue weighted by Gasteiger charge is -2.45. The largest absolute Gasteiger partial charge is 0.481 e. The van der Waals surface area contributed by atoms with Gasteiger partial charge in [0.05, 0.1) is 19.1 Å². The van der Waals surface area contributed by atoms with Crippen LogP contribution in [-0.2, 0) is 24.7 Å². The molecule has 1 N–H and O–H groups in total. The normalized spacial score (nSPS) is 13.3. The number of rotatable bonds is 16. The van der Waals surface area contributed by atoms with Gasteiger partial charge >= 0.3 is 5.97 Å². The molecule has 0 saturated carbocycles. The Balaban J connectivity index is 1.36. The Morgan fingerprint density at radius 1 is 0.863 bits per heavy atom. The monoisotopic (exact) mass is 726 g/mol. The summed E-state index contributed by atoms with van der Waals surface area (Å²) in [6.45, 7) is 10.7. The standard InChI is InChI=1S/C41H48FN2O5PSi/c1-30(2)44-37(39(31-23-25-33(42)26-24-31)40(43-44)32-16-9-6-10-17-32)22-15-27-48-50(47)29-34(28-38(45)46)49-51(41(3,4)5,35-18-11-7-12-19-35)36-20-13-8-14-21-36/h6-14,16-21,23-26,30,34,50H,15,22,27-29H2,1-5H3,(H,45,46)/t34-/m0/s1. The molecular formula is C41H48FN2O5PSi. The highest BCUT2D eigenvalue weighted by Crippen LogP contribution is 2.40. The van der Waals surface area contributed by atoms with E-state index < -0.39 is 28.4 Å². The number of halogens is 1. The molecule has 0 saturated heterocycles. The Bertz CT molecular complexity index is 1860. The number of carboxylic acids is 1. The van der Waals surface area contributed by atoms with E-state index in [0.717, 1.165) is 38.5 Å². The van der Waals surface area contributed by atoms with E-state index in [2.05, 4.69) is 34.6 Å². The Labute approximate surface area is 302 Å². The van der Waals surface area contributed by atoms with Gasteiger partial charge in [-0.05, 0) is 59.8 Å². The Morgan fingerprint density at radius 2 is 1.41 bits per heavy atom. The second-order valence-electron chi connectivity index (χ2n) is 14.1. The van der Waals surface area contributed by atoms with Crippen LogP contribution in [0.15, 0.2) is 115 Å². The number of hydrogen-bond acceptors (Lipinski definition) is 5. The molecule has 1 unspecified atom stereocenters. The Hall–Kier alpha value is -4.14. The minimum atomic E-state index is -3.09. The summed E-state index contributed by atoms with van der Waals surface area (Å²) in [4.78, 5) is 12.2. The van der Waals surface area contributed by atoms with Crippen molar-refractivity contribution >= 4 is 32.7 Å². The molecular weight excluding hydrogens is 679 g/mol. The summed E-state index contributed by atoms with van der Waals surface area (Å²) in [6.07, 6.45) is 0.0138. The summed E-state index contributed by atoms with van der Waals surface area (Å²) >= 11 is 0. The maximum absolute atomic E-state index is 14.0. The fourth-order valence-corrected chi connectivity index (χ4v) is 12.8. The smallest absolute Gasteiger partial charge is 0.305 e. The van der Waals surface area contributed by atoms with Crippen LogP contribution >= 0.6 is 8.03 Å². The molecule has 7 nitrogen and oxygen atoms in total. The van der Waals surface area contributed by atoms with Gasteiger partial charge in [0.15, 0.2) is 8.03 Å². The number of aliphatic carboxylic acids is 1. The van der Waals surface area contributed by atoms with Crippen molar-refractivity contribution in [2.45, 2.75) is 71.1 Å². The van der Waals surface area contributed by atoms with Crippen molar-refractivity contribution in [3.63, 3.8) is 0 Å². The lowest BCUT2D eigenvalue weighted by atomic mass is 9.97. The molecule has 0 aliphatic rings. The highest BCUT2D eigenvalue weighted by atomic mass is 31.1. The number of carboxylic acid groups (broad SMARTS) is 1. The van der Waals surface area contributed by atoms with E-state index in [-0.39, 0.29) is 36.1 Å². The third-order valence-electron chi connectivity index (χ3n) is 9.06. The molecule has 5 rings (SSSR count). The molecule has 1 heterocycles. The third-order valence-corrected chi connectivity index (χ3v) is 15.5. The van der Waals surface area contributed by atoms with Crippen molar-refractivity contribution in [2.75, 3.05) is 12.8 Å². The molecule has 2 atom stereocenters. The van der Waals surface area contributed by atoms with Gasteiger partial charge in [-0.3, -0.25) is 14.0 Å². The maximum Gasteiger partial charge on any atom is 0.305 e. The molecule has 0 radical (unpaired) electrons. The SMILES string of the molecule is CC(C)n1nc(-c2ccccc2)c(-c2ccc(F)cc2)c1CCCO[PH](=O)C[C@H](CC(=O)O)O[Si](c1ccccc1)(c1ccccc1)C(C)(C)C. The van der Waals surface area contributed by atoms with Crippen molar-refractivity contribution in [2.24, 2.45) is 0 Å². The van der Waals surface area contributed by atoms with Crippen molar-refractivity contribution < 1.29 is 27.8 Å². The van der Waals surface area contributed by atoms with Crippen LogP contribution in [-0.4, -0.2) is 48.0 Å². The summed E-state index contributed by atoms with van der Waals surface area (Å²) < 4.78 is 42.6. The molecule has 0 amide bonds. The van der Waals surface area contributed by atoms with Gasteiger partial charge in [-0.25, -0.2) is 4.39 Å². The van der Waals surface area contributed by atoms with Gasteiger partial charge in [0.1, 0.15) is 11.5 Å². The van der Waals surface area contributed by atoms with Gasteiger partial charge in [-0.2, -0.15) is 5.10 Å². The van der Waals surface area contributed by atoms with E-state index in [0.29, 0.717) is 12.8 Å². The summed E-state index contributed by atoms with van der Waals surface area (Å²) in [5.74, 6) is -1.33. The van der Waals surface area contributed by atoms with E-state index in [1.807, 2.05) is 95.7 Å². The zero-order valence-corrected chi connectivity index (χ0v) is 32.0. The number of hydrogen-bond donors (Lipinski definition) is 1.